The van der Waals surface area contributed by atoms with Gasteiger partial charge in [0.15, 0.2) is 18.1 Å². The van der Waals surface area contributed by atoms with Gasteiger partial charge in [-0.2, -0.15) is 5.10 Å². The number of nitrogens with one attached hydrogen (secondary N) is 1. The number of unbranched alkanes of at least 4 members (excludes halogenated alkanes) is 1. The lowest BCUT2D eigenvalue weighted by atomic mass is 10.0. The van der Waals surface area contributed by atoms with Crippen molar-refractivity contribution in [2.24, 2.45) is 5.10 Å². The maximum atomic E-state index is 12.6. The molecule has 206 valence electrons. The van der Waals surface area contributed by atoms with E-state index in [0.717, 1.165) is 24.0 Å². The van der Waals surface area contributed by atoms with Crippen LogP contribution in [0.1, 0.15) is 66.6 Å². The number of rotatable bonds is 13. The second-order valence-electron chi connectivity index (χ2n) is 9.30. The Morgan fingerprint density at radius 2 is 1.72 bits per heavy atom. The number of ether oxygens (including phenoxy) is 4. The number of nitrogens with zero attached hydrogens (tertiary/aromatic N) is 1. The van der Waals surface area contributed by atoms with E-state index in [2.05, 4.69) is 31.3 Å². The van der Waals surface area contributed by atoms with Gasteiger partial charge in [-0.05, 0) is 84.5 Å². The van der Waals surface area contributed by atoms with Crippen molar-refractivity contribution in [3.05, 3.63) is 82.9 Å². The fraction of sp³-hybridized carbons (Fsp3) is 0.323. The van der Waals surface area contributed by atoms with Gasteiger partial charge >= 0.3 is 5.97 Å². The van der Waals surface area contributed by atoms with Gasteiger partial charge < -0.3 is 18.9 Å². The van der Waals surface area contributed by atoms with Gasteiger partial charge in [-0.1, -0.05) is 39.3 Å². The van der Waals surface area contributed by atoms with Gasteiger partial charge in [0.05, 0.1) is 25.5 Å². The molecule has 0 atom stereocenters. The molecule has 0 aromatic heterocycles. The zero-order valence-corrected chi connectivity index (χ0v) is 23.2. The zero-order chi connectivity index (χ0) is 28.2. The Morgan fingerprint density at radius 1 is 0.949 bits per heavy atom. The molecule has 3 rings (SSSR count). The molecule has 1 N–H and O–H groups in total. The monoisotopic (exact) mass is 532 g/mol. The first-order chi connectivity index (χ1) is 18.8. The summed E-state index contributed by atoms with van der Waals surface area (Å²) >= 11 is 0. The Hall–Kier alpha value is -4.33. The molecule has 0 aliphatic rings. The molecule has 0 fully saturated rings. The van der Waals surface area contributed by atoms with Gasteiger partial charge in [0.2, 0.25) is 0 Å². The number of amides is 1. The average Bonchev–Trinajstić information content (AvgIpc) is 2.93. The molecule has 0 heterocycles. The summed E-state index contributed by atoms with van der Waals surface area (Å²) in [6, 6.07) is 17.7. The van der Waals surface area contributed by atoms with Gasteiger partial charge in [-0.3, -0.25) is 4.79 Å². The highest BCUT2D eigenvalue weighted by molar-refractivity contribution is 5.92. The number of hydrogen-bond donors (Lipinski definition) is 1. The summed E-state index contributed by atoms with van der Waals surface area (Å²) < 4.78 is 22.3. The Morgan fingerprint density at radius 3 is 2.41 bits per heavy atom. The number of carbonyl (C=O) groups excluding carboxylic acids is 2. The normalized spacial score (nSPS) is 10.9. The van der Waals surface area contributed by atoms with Crippen molar-refractivity contribution >= 4 is 18.1 Å². The minimum Gasteiger partial charge on any atom is -0.494 e. The Balaban J connectivity index is 1.55. The molecular weight excluding hydrogens is 496 g/mol. The molecule has 0 unspecified atom stereocenters. The van der Waals surface area contributed by atoms with Crippen molar-refractivity contribution in [1.29, 1.82) is 0 Å². The Bertz CT molecular complexity index is 1280. The van der Waals surface area contributed by atoms with E-state index in [-0.39, 0.29) is 24.2 Å². The lowest BCUT2D eigenvalue weighted by molar-refractivity contribution is -0.123. The standard InChI is InChI=1S/C31H36N2O6/c1-6-7-16-37-25-12-10-24(11-13-25)31(35)39-27-15-9-23(18-29(27)36-5)19-32-33-30(34)20-38-28-17-22(4)8-14-26(28)21(2)3/h8-15,17-19,21H,6-7,16,20H2,1-5H3,(H,33,34). The van der Waals surface area contributed by atoms with Crippen LogP contribution in [0, 0.1) is 6.92 Å². The molecule has 0 aliphatic carbocycles. The quantitative estimate of drug-likeness (QED) is 0.0946. The summed E-state index contributed by atoms with van der Waals surface area (Å²) in [5.74, 6) is 1.37. The van der Waals surface area contributed by atoms with E-state index in [1.165, 1.54) is 13.3 Å². The van der Waals surface area contributed by atoms with E-state index in [0.29, 0.717) is 35.0 Å². The predicted molar refractivity (Wildman–Crippen MR) is 151 cm³/mol. The SMILES string of the molecule is CCCCOc1ccc(C(=O)Oc2ccc(C=NNC(=O)COc3cc(C)ccc3C(C)C)cc2OC)cc1. The molecule has 0 saturated carbocycles. The van der Waals surface area contributed by atoms with Crippen LogP contribution in [0.2, 0.25) is 0 Å². The molecular formula is C31H36N2O6. The minimum atomic E-state index is -0.517. The van der Waals surface area contributed by atoms with E-state index < -0.39 is 5.97 Å². The summed E-state index contributed by atoms with van der Waals surface area (Å²) in [7, 11) is 1.48. The fourth-order valence-corrected chi connectivity index (χ4v) is 3.63. The first kappa shape index (κ1) is 29.2. The second kappa shape index (κ2) is 14.6. The lowest BCUT2D eigenvalue weighted by Crippen LogP contribution is -2.25. The molecule has 0 radical (unpaired) electrons. The van der Waals surface area contributed by atoms with Crippen molar-refractivity contribution in [3.63, 3.8) is 0 Å². The third-order valence-electron chi connectivity index (χ3n) is 5.80. The summed E-state index contributed by atoms with van der Waals surface area (Å²) in [6.07, 6.45) is 3.49. The summed E-state index contributed by atoms with van der Waals surface area (Å²) in [6.45, 7) is 8.69. The maximum Gasteiger partial charge on any atom is 0.343 e. The van der Waals surface area contributed by atoms with Crippen LogP contribution in [0.3, 0.4) is 0 Å². The van der Waals surface area contributed by atoms with Crippen LogP contribution in [0.15, 0.2) is 65.8 Å². The highest BCUT2D eigenvalue weighted by atomic mass is 16.6. The molecule has 0 spiro atoms. The van der Waals surface area contributed by atoms with E-state index >= 15 is 0 Å². The number of benzene rings is 3. The fourth-order valence-electron chi connectivity index (χ4n) is 3.63. The third-order valence-corrected chi connectivity index (χ3v) is 5.80. The van der Waals surface area contributed by atoms with Crippen molar-refractivity contribution in [2.45, 2.75) is 46.5 Å². The Kier molecular flexibility index (Phi) is 10.9. The van der Waals surface area contributed by atoms with E-state index in [4.69, 9.17) is 18.9 Å². The first-order valence-electron chi connectivity index (χ1n) is 13.0. The van der Waals surface area contributed by atoms with E-state index in [1.54, 1.807) is 42.5 Å². The largest absolute Gasteiger partial charge is 0.494 e. The first-order valence-corrected chi connectivity index (χ1v) is 13.0. The van der Waals surface area contributed by atoms with Crippen LogP contribution in [-0.2, 0) is 4.79 Å². The summed E-state index contributed by atoms with van der Waals surface area (Å²) in [5.41, 5.74) is 5.59. The van der Waals surface area contributed by atoms with Gasteiger partial charge in [0, 0.05) is 0 Å². The molecule has 39 heavy (non-hydrogen) atoms. The predicted octanol–water partition coefficient (Wildman–Crippen LogP) is 6.05. The highest BCUT2D eigenvalue weighted by Gasteiger charge is 2.14. The smallest absolute Gasteiger partial charge is 0.343 e. The van der Waals surface area contributed by atoms with Gasteiger partial charge in [0.25, 0.3) is 5.91 Å². The van der Waals surface area contributed by atoms with Crippen LogP contribution in [0.5, 0.6) is 23.0 Å². The van der Waals surface area contributed by atoms with Gasteiger partial charge in [0.1, 0.15) is 11.5 Å². The molecule has 1 amide bonds. The minimum absolute atomic E-state index is 0.162. The maximum absolute atomic E-state index is 12.6. The highest BCUT2D eigenvalue weighted by Crippen LogP contribution is 2.29. The van der Waals surface area contributed by atoms with Crippen LogP contribution in [-0.4, -0.2) is 38.4 Å². The number of hydrogen-bond acceptors (Lipinski definition) is 7. The average molecular weight is 533 g/mol. The zero-order valence-electron chi connectivity index (χ0n) is 23.2. The number of methoxy groups -OCH3 is 1. The third kappa shape index (κ3) is 8.88. The number of carbonyl (C=O) groups is 2. The number of esters is 1. The second-order valence-corrected chi connectivity index (χ2v) is 9.30. The molecule has 8 nitrogen and oxygen atoms in total. The van der Waals surface area contributed by atoms with Crippen molar-refractivity contribution in [2.75, 3.05) is 20.3 Å². The van der Waals surface area contributed by atoms with Crippen molar-refractivity contribution < 1.29 is 28.5 Å². The summed E-state index contributed by atoms with van der Waals surface area (Å²) in [5, 5.41) is 4.00. The molecule has 0 aliphatic heterocycles. The van der Waals surface area contributed by atoms with Crippen LogP contribution >= 0.6 is 0 Å². The van der Waals surface area contributed by atoms with Crippen molar-refractivity contribution in [3.8, 4) is 23.0 Å². The van der Waals surface area contributed by atoms with E-state index in [9.17, 15) is 9.59 Å². The molecule has 0 saturated heterocycles. The number of aryl methyl sites for hydroxylation is 1. The molecule has 3 aromatic carbocycles. The van der Waals surface area contributed by atoms with Gasteiger partial charge in [-0.15, -0.1) is 0 Å². The van der Waals surface area contributed by atoms with Crippen molar-refractivity contribution in [1.82, 2.24) is 5.43 Å². The van der Waals surface area contributed by atoms with Gasteiger partial charge in [-0.25, -0.2) is 10.2 Å². The summed E-state index contributed by atoms with van der Waals surface area (Å²) in [4.78, 5) is 24.9. The number of hydrazone groups is 1. The Labute approximate surface area is 229 Å². The van der Waals surface area contributed by atoms with E-state index in [1.807, 2.05) is 25.1 Å². The van der Waals surface area contributed by atoms with Crippen LogP contribution in [0.25, 0.3) is 0 Å². The molecule has 0 bridgehead atoms. The van der Waals surface area contributed by atoms with Crippen LogP contribution < -0.4 is 24.4 Å². The van der Waals surface area contributed by atoms with Crippen LogP contribution in [0.4, 0.5) is 0 Å². The molecule has 3 aromatic rings. The molecule has 8 heteroatoms. The topological polar surface area (TPSA) is 95.5 Å². The lowest BCUT2D eigenvalue weighted by Gasteiger charge is -2.14.